The summed E-state index contributed by atoms with van der Waals surface area (Å²) in [5, 5.41) is 8.52. The molecule has 0 unspecified atom stereocenters. The summed E-state index contributed by atoms with van der Waals surface area (Å²) in [6.45, 7) is 6.92. The second-order valence-electron chi connectivity index (χ2n) is 6.15. The maximum atomic E-state index is 12.9. The molecule has 1 atom stereocenters. The minimum atomic E-state index is -0.390. The zero-order chi connectivity index (χ0) is 19.0. The number of H-pyrrole nitrogens is 1. The maximum absolute atomic E-state index is 12.9. The molecule has 0 saturated carbocycles. The smallest absolute Gasteiger partial charge is 0.200 e. The van der Waals surface area contributed by atoms with E-state index in [1.54, 1.807) is 36.8 Å². The molecule has 0 aliphatic heterocycles. The van der Waals surface area contributed by atoms with E-state index < -0.39 is 0 Å². The van der Waals surface area contributed by atoms with E-state index in [0.717, 1.165) is 0 Å². The van der Waals surface area contributed by atoms with Crippen LogP contribution in [0.5, 0.6) is 0 Å². The lowest BCUT2D eigenvalue weighted by Crippen LogP contribution is -2.16. The molecule has 0 aliphatic rings. The van der Waals surface area contributed by atoms with Crippen LogP contribution in [-0.2, 0) is 7.05 Å². The summed E-state index contributed by atoms with van der Waals surface area (Å²) >= 11 is 1.32. The first-order valence-electron chi connectivity index (χ1n) is 8.15. The van der Waals surface area contributed by atoms with Crippen molar-refractivity contribution in [1.82, 2.24) is 19.7 Å². The van der Waals surface area contributed by atoms with E-state index in [1.165, 1.54) is 18.7 Å². The Hall–Kier alpha value is -2.61. The fraction of sp³-hybridized carbons (Fsp3) is 0.333. The number of ketones is 2. The molecule has 0 aromatic carbocycles. The summed E-state index contributed by atoms with van der Waals surface area (Å²) < 4.78 is 7.15. The van der Waals surface area contributed by atoms with Gasteiger partial charge in [-0.05, 0) is 45.4 Å². The van der Waals surface area contributed by atoms with Crippen LogP contribution in [0.25, 0.3) is 11.6 Å². The normalized spacial score (nSPS) is 12.3. The van der Waals surface area contributed by atoms with Crippen molar-refractivity contribution in [1.29, 1.82) is 0 Å². The SMILES string of the molecule is CC(=O)c1c(C)[nH]c(C(=O)[C@H](C)Sc2nnc(-c3ccco3)n2C)c1C. The van der Waals surface area contributed by atoms with Crippen molar-refractivity contribution in [3.05, 3.63) is 40.9 Å². The van der Waals surface area contributed by atoms with Crippen molar-refractivity contribution in [2.45, 2.75) is 38.1 Å². The predicted octanol–water partition coefficient (Wildman–Crippen LogP) is 3.59. The van der Waals surface area contributed by atoms with Gasteiger partial charge in [-0.25, -0.2) is 0 Å². The Morgan fingerprint density at radius 2 is 2.04 bits per heavy atom. The van der Waals surface area contributed by atoms with E-state index in [9.17, 15) is 9.59 Å². The third-order valence-electron chi connectivity index (χ3n) is 4.26. The van der Waals surface area contributed by atoms with Crippen molar-refractivity contribution in [3.63, 3.8) is 0 Å². The van der Waals surface area contributed by atoms with Crippen LogP contribution in [0.1, 0.15) is 46.0 Å². The van der Waals surface area contributed by atoms with Gasteiger partial charge in [0.05, 0.1) is 17.2 Å². The number of aromatic amines is 1. The first-order valence-corrected chi connectivity index (χ1v) is 9.03. The first-order chi connectivity index (χ1) is 12.3. The van der Waals surface area contributed by atoms with Crippen LogP contribution in [0.3, 0.4) is 0 Å². The number of hydrogen-bond acceptors (Lipinski definition) is 6. The summed E-state index contributed by atoms with van der Waals surface area (Å²) in [5.74, 6) is 1.09. The molecule has 3 aromatic heterocycles. The lowest BCUT2D eigenvalue weighted by atomic mass is 10.0. The van der Waals surface area contributed by atoms with Gasteiger partial charge in [-0.2, -0.15) is 0 Å². The van der Waals surface area contributed by atoms with Gasteiger partial charge in [-0.1, -0.05) is 11.8 Å². The summed E-state index contributed by atoms with van der Waals surface area (Å²) in [7, 11) is 1.83. The number of thioether (sulfide) groups is 1. The first kappa shape index (κ1) is 18.2. The highest BCUT2D eigenvalue weighted by Gasteiger charge is 2.26. The monoisotopic (exact) mass is 372 g/mol. The Morgan fingerprint density at radius 3 is 2.62 bits per heavy atom. The molecule has 136 valence electrons. The molecule has 0 spiro atoms. The number of hydrogen-bond donors (Lipinski definition) is 1. The van der Waals surface area contributed by atoms with Crippen molar-refractivity contribution in [2.75, 3.05) is 0 Å². The maximum Gasteiger partial charge on any atom is 0.200 e. The molecule has 3 heterocycles. The summed E-state index contributed by atoms with van der Waals surface area (Å²) in [4.78, 5) is 27.7. The van der Waals surface area contributed by atoms with E-state index >= 15 is 0 Å². The molecular formula is C18H20N4O3S. The molecule has 1 N–H and O–H groups in total. The predicted molar refractivity (Wildman–Crippen MR) is 98.6 cm³/mol. The van der Waals surface area contributed by atoms with Crippen molar-refractivity contribution in [2.24, 2.45) is 7.05 Å². The zero-order valence-electron chi connectivity index (χ0n) is 15.3. The molecule has 8 heteroatoms. The van der Waals surface area contributed by atoms with Crippen LogP contribution in [0.4, 0.5) is 0 Å². The zero-order valence-corrected chi connectivity index (χ0v) is 16.1. The summed E-state index contributed by atoms with van der Waals surface area (Å²) in [5.41, 5.74) is 2.47. The summed E-state index contributed by atoms with van der Waals surface area (Å²) in [6.07, 6.45) is 1.58. The van der Waals surface area contributed by atoms with Gasteiger partial charge in [-0.15, -0.1) is 10.2 Å². The van der Waals surface area contributed by atoms with Gasteiger partial charge >= 0.3 is 0 Å². The van der Waals surface area contributed by atoms with Crippen LogP contribution >= 0.6 is 11.8 Å². The van der Waals surface area contributed by atoms with Gasteiger partial charge < -0.3 is 14.0 Å². The number of nitrogens with zero attached hydrogens (tertiary/aromatic N) is 3. The minimum absolute atomic E-state index is 0.0491. The van der Waals surface area contributed by atoms with Gasteiger partial charge in [0.1, 0.15) is 0 Å². The molecule has 0 saturated heterocycles. The Morgan fingerprint density at radius 1 is 1.31 bits per heavy atom. The summed E-state index contributed by atoms with van der Waals surface area (Å²) in [6, 6.07) is 3.59. The number of furan rings is 1. The number of aryl methyl sites for hydroxylation is 1. The molecule has 3 rings (SSSR count). The Labute approximate surface area is 155 Å². The number of carbonyl (C=O) groups is 2. The van der Waals surface area contributed by atoms with E-state index in [0.29, 0.717) is 39.3 Å². The molecule has 0 bridgehead atoms. The van der Waals surface area contributed by atoms with Crippen molar-refractivity contribution < 1.29 is 14.0 Å². The van der Waals surface area contributed by atoms with E-state index in [-0.39, 0.29) is 16.8 Å². The number of aromatic nitrogens is 4. The van der Waals surface area contributed by atoms with Crippen LogP contribution in [-0.4, -0.2) is 36.6 Å². The van der Waals surface area contributed by atoms with E-state index in [1.807, 2.05) is 14.0 Å². The van der Waals surface area contributed by atoms with Gasteiger partial charge in [0.2, 0.25) is 0 Å². The molecule has 0 fully saturated rings. The minimum Gasteiger partial charge on any atom is -0.461 e. The Balaban J connectivity index is 1.83. The lowest BCUT2D eigenvalue weighted by molar-refractivity contribution is 0.0988. The van der Waals surface area contributed by atoms with Gasteiger partial charge in [0, 0.05) is 18.3 Å². The van der Waals surface area contributed by atoms with Gasteiger partial charge in [0.15, 0.2) is 28.3 Å². The highest BCUT2D eigenvalue weighted by atomic mass is 32.2. The fourth-order valence-electron chi connectivity index (χ4n) is 2.98. The van der Waals surface area contributed by atoms with Crippen LogP contribution in [0.2, 0.25) is 0 Å². The standard InChI is InChI=1S/C18H20N4O3S/c1-9-14(11(3)23)10(2)19-15(9)16(24)12(4)26-18-21-20-17(22(18)5)13-7-6-8-25-13/h6-8,12,19H,1-5H3/t12-/m0/s1. The molecular weight excluding hydrogens is 352 g/mol. The quantitative estimate of drug-likeness (QED) is 0.525. The molecule has 0 aliphatic carbocycles. The molecule has 0 radical (unpaired) electrons. The third kappa shape index (κ3) is 3.12. The number of carbonyl (C=O) groups excluding carboxylic acids is 2. The molecule has 7 nitrogen and oxygen atoms in total. The average Bonchev–Trinajstić information content (AvgIpc) is 3.28. The van der Waals surface area contributed by atoms with Crippen molar-refractivity contribution in [3.8, 4) is 11.6 Å². The fourth-order valence-corrected chi connectivity index (χ4v) is 3.85. The molecule has 3 aromatic rings. The highest BCUT2D eigenvalue weighted by Crippen LogP contribution is 2.29. The van der Waals surface area contributed by atoms with Gasteiger partial charge in [0.25, 0.3) is 0 Å². The van der Waals surface area contributed by atoms with E-state index in [2.05, 4.69) is 15.2 Å². The molecule has 0 amide bonds. The Bertz CT molecular complexity index is 969. The second-order valence-corrected chi connectivity index (χ2v) is 7.46. The van der Waals surface area contributed by atoms with Crippen LogP contribution in [0.15, 0.2) is 28.0 Å². The van der Waals surface area contributed by atoms with E-state index in [4.69, 9.17) is 4.42 Å². The van der Waals surface area contributed by atoms with Crippen molar-refractivity contribution >= 4 is 23.3 Å². The largest absolute Gasteiger partial charge is 0.461 e. The molecule has 26 heavy (non-hydrogen) atoms. The van der Waals surface area contributed by atoms with Crippen LogP contribution in [0, 0.1) is 13.8 Å². The number of nitrogens with one attached hydrogen (secondary N) is 1. The third-order valence-corrected chi connectivity index (χ3v) is 5.40. The van der Waals surface area contributed by atoms with Gasteiger partial charge in [-0.3, -0.25) is 9.59 Å². The topological polar surface area (TPSA) is 93.8 Å². The second kappa shape index (κ2) is 6.95. The Kier molecular flexibility index (Phi) is 4.86. The number of rotatable bonds is 6. The highest BCUT2D eigenvalue weighted by molar-refractivity contribution is 8.00. The average molecular weight is 372 g/mol. The number of Topliss-reactive ketones (excluding diaryl/α,β-unsaturated/α-hetero) is 2. The van der Waals surface area contributed by atoms with Crippen LogP contribution < -0.4 is 0 Å². The lowest BCUT2D eigenvalue weighted by Gasteiger charge is -2.09.